The van der Waals surface area contributed by atoms with Crippen molar-refractivity contribution in [3.63, 3.8) is 0 Å². The van der Waals surface area contributed by atoms with Gasteiger partial charge in [-0.1, -0.05) is 6.07 Å². The van der Waals surface area contributed by atoms with Crippen LogP contribution in [0.5, 0.6) is 0 Å². The highest BCUT2D eigenvalue weighted by Crippen LogP contribution is 2.23. The Labute approximate surface area is 163 Å². The number of carbonyl (C=O) groups is 1. The molecule has 6 nitrogen and oxygen atoms in total. The third kappa shape index (κ3) is 3.65. The summed E-state index contributed by atoms with van der Waals surface area (Å²) in [6, 6.07) is 6.05. The lowest BCUT2D eigenvalue weighted by Crippen LogP contribution is -2.48. The number of rotatable bonds is 4. The first kappa shape index (κ1) is 17.9. The van der Waals surface area contributed by atoms with E-state index in [-0.39, 0.29) is 5.91 Å². The third-order valence-corrected chi connectivity index (χ3v) is 5.82. The maximum Gasteiger partial charge on any atom is 0.255 e. The number of aromatic nitrogens is 3. The van der Waals surface area contributed by atoms with Crippen molar-refractivity contribution in [3.05, 3.63) is 64.7 Å². The van der Waals surface area contributed by atoms with Gasteiger partial charge in [0.1, 0.15) is 0 Å². The molecule has 0 spiro atoms. The maximum absolute atomic E-state index is 13.1. The predicted molar refractivity (Wildman–Crippen MR) is 106 cm³/mol. The Hall–Kier alpha value is -2.51. The molecular formula is C20H23N5OS. The fourth-order valence-corrected chi connectivity index (χ4v) is 4.38. The van der Waals surface area contributed by atoms with Gasteiger partial charge in [-0.2, -0.15) is 0 Å². The van der Waals surface area contributed by atoms with Crippen LogP contribution in [0.4, 0.5) is 0 Å². The van der Waals surface area contributed by atoms with E-state index in [1.165, 1.54) is 5.56 Å². The van der Waals surface area contributed by atoms with E-state index in [2.05, 4.69) is 25.5 Å². The second kappa shape index (κ2) is 7.62. The summed E-state index contributed by atoms with van der Waals surface area (Å²) >= 11 is 1.58. The van der Waals surface area contributed by atoms with Crippen LogP contribution in [0.25, 0.3) is 5.13 Å². The van der Waals surface area contributed by atoms with Gasteiger partial charge in [0.2, 0.25) is 0 Å². The second-order valence-electron chi connectivity index (χ2n) is 6.86. The molecule has 0 radical (unpaired) electrons. The summed E-state index contributed by atoms with van der Waals surface area (Å²) in [4.78, 5) is 26.0. The first-order chi connectivity index (χ1) is 13.1. The van der Waals surface area contributed by atoms with Crippen LogP contribution in [0.3, 0.4) is 0 Å². The van der Waals surface area contributed by atoms with Gasteiger partial charge in [-0.25, -0.2) is 4.98 Å². The minimum atomic E-state index is 0.118. The summed E-state index contributed by atoms with van der Waals surface area (Å²) in [7, 11) is 0. The molecular weight excluding hydrogens is 358 g/mol. The van der Waals surface area contributed by atoms with Crippen molar-refractivity contribution in [1.29, 1.82) is 0 Å². The predicted octanol–water partition coefficient (Wildman–Crippen LogP) is 2.90. The highest BCUT2D eigenvalue weighted by atomic mass is 32.1. The maximum atomic E-state index is 13.1. The summed E-state index contributed by atoms with van der Waals surface area (Å²) in [5.41, 5.74) is 4.00. The zero-order chi connectivity index (χ0) is 18.8. The molecule has 1 aliphatic heterocycles. The van der Waals surface area contributed by atoms with Gasteiger partial charge in [0.25, 0.3) is 5.91 Å². The topological polar surface area (TPSA) is 54.3 Å². The molecule has 0 atom stereocenters. The van der Waals surface area contributed by atoms with Crippen LogP contribution >= 0.6 is 11.3 Å². The molecule has 4 heterocycles. The molecule has 1 saturated heterocycles. The summed E-state index contributed by atoms with van der Waals surface area (Å²) < 4.78 is 2.07. The minimum absolute atomic E-state index is 0.118. The number of aryl methyl sites for hydroxylation is 1. The summed E-state index contributed by atoms with van der Waals surface area (Å²) in [6.45, 7) is 8.17. The van der Waals surface area contributed by atoms with Crippen molar-refractivity contribution in [2.75, 3.05) is 26.2 Å². The molecule has 0 N–H and O–H groups in total. The normalized spacial score (nSPS) is 15.3. The Balaban J connectivity index is 1.43. The molecule has 1 amide bonds. The zero-order valence-electron chi connectivity index (χ0n) is 15.6. The van der Waals surface area contributed by atoms with E-state index >= 15 is 0 Å². The lowest BCUT2D eigenvalue weighted by Gasteiger charge is -2.34. The average Bonchev–Trinajstić information content (AvgIpc) is 3.30. The number of thiazole rings is 1. The van der Waals surface area contributed by atoms with Gasteiger partial charge in [0.05, 0.1) is 5.56 Å². The first-order valence-corrected chi connectivity index (χ1v) is 10.0. The van der Waals surface area contributed by atoms with Gasteiger partial charge < -0.3 is 4.90 Å². The molecule has 3 aromatic heterocycles. The molecule has 0 unspecified atom stereocenters. The summed E-state index contributed by atoms with van der Waals surface area (Å²) in [5.74, 6) is 0.118. The van der Waals surface area contributed by atoms with Gasteiger partial charge in [0, 0.05) is 68.1 Å². The number of pyridine rings is 1. The number of carbonyl (C=O) groups excluding carboxylic acids is 1. The molecule has 0 aliphatic carbocycles. The van der Waals surface area contributed by atoms with Crippen LogP contribution in [-0.2, 0) is 6.54 Å². The Bertz CT molecular complexity index is 912. The lowest BCUT2D eigenvalue weighted by molar-refractivity contribution is 0.0627. The van der Waals surface area contributed by atoms with Crippen molar-refractivity contribution in [1.82, 2.24) is 24.3 Å². The molecule has 3 aromatic rings. The number of piperazine rings is 1. The highest BCUT2D eigenvalue weighted by Gasteiger charge is 2.25. The molecule has 1 aliphatic rings. The number of hydrogen-bond donors (Lipinski definition) is 0. The smallest absolute Gasteiger partial charge is 0.255 e. The van der Waals surface area contributed by atoms with Crippen LogP contribution in [0, 0.1) is 13.8 Å². The van der Waals surface area contributed by atoms with E-state index in [1.54, 1.807) is 23.7 Å². The van der Waals surface area contributed by atoms with E-state index in [4.69, 9.17) is 0 Å². The van der Waals surface area contributed by atoms with Crippen LogP contribution in [-0.4, -0.2) is 56.4 Å². The Morgan fingerprint density at radius 1 is 1.19 bits per heavy atom. The quantitative estimate of drug-likeness (QED) is 0.697. The van der Waals surface area contributed by atoms with E-state index < -0.39 is 0 Å². The van der Waals surface area contributed by atoms with Gasteiger partial charge in [-0.15, -0.1) is 11.3 Å². The second-order valence-corrected chi connectivity index (χ2v) is 7.74. The fourth-order valence-electron chi connectivity index (χ4n) is 3.63. The van der Waals surface area contributed by atoms with E-state index in [0.29, 0.717) is 0 Å². The van der Waals surface area contributed by atoms with Gasteiger partial charge in [-0.05, 0) is 31.5 Å². The van der Waals surface area contributed by atoms with E-state index in [9.17, 15) is 4.79 Å². The lowest BCUT2D eigenvalue weighted by atomic mass is 10.2. The molecule has 0 bridgehead atoms. The minimum Gasteiger partial charge on any atom is -0.336 e. The summed E-state index contributed by atoms with van der Waals surface area (Å²) in [6.07, 6.45) is 5.50. The highest BCUT2D eigenvalue weighted by molar-refractivity contribution is 7.12. The largest absolute Gasteiger partial charge is 0.336 e. The van der Waals surface area contributed by atoms with Crippen molar-refractivity contribution in [2.24, 2.45) is 0 Å². The molecule has 0 aromatic carbocycles. The van der Waals surface area contributed by atoms with Crippen molar-refractivity contribution >= 4 is 17.2 Å². The van der Waals surface area contributed by atoms with Crippen molar-refractivity contribution < 1.29 is 4.79 Å². The summed E-state index contributed by atoms with van der Waals surface area (Å²) in [5, 5.41) is 2.86. The molecule has 140 valence electrons. The molecule has 27 heavy (non-hydrogen) atoms. The fraction of sp³-hybridized carbons (Fsp3) is 0.350. The van der Waals surface area contributed by atoms with Crippen LogP contribution in [0.15, 0.2) is 42.2 Å². The van der Waals surface area contributed by atoms with Crippen LogP contribution < -0.4 is 0 Å². The number of hydrogen-bond acceptors (Lipinski definition) is 5. The Morgan fingerprint density at radius 2 is 2.00 bits per heavy atom. The molecule has 4 rings (SSSR count). The first-order valence-electron chi connectivity index (χ1n) is 9.13. The van der Waals surface area contributed by atoms with Crippen LogP contribution in [0.2, 0.25) is 0 Å². The molecule has 1 fully saturated rings. The Kier molecular flexibility index (Phi) is 5.05. The van der Waals surface area contributed by atoms with Crippen molar-refractivity contribution in [3.8, 4) is 5.13 Å². The van der Waals surface area contributed by atoms with Gasteiger partial charge in [-0.3, -0.25) is 19.2 Å². The monoisotopic (exact) mass is 381 g/mol. The standard InChI is InChI=1S/C20H23N5OS/c1-15-12-18(16(2)25(15)20-22-6-11-27-20)19(26)24-9-7-23(8-10-24)14-17-4-3-5-21-13-17/h3-6,11-13H,7-10,14H2,1-2H3. The molecule has 0 saturated carbocycles. The van der Waals surface area contributed by atoms with E-state index in [1.807, 2.05) is 42.5 Å². The SMILES string of the molecule is Cc1cc(C(=O)N2CCN(Cc3cccnc3)CC2)c(C)n1-c1nccs1. The number of nitrogens with zero attached hydrogens (tertiary/aromatic N) is 5. The Morgan fingerprint density at radius 3 is 2.67 bits per heavy atom. The van der Waals surface area contributed by atoms with Gasteiger partial charge in [0.15, 0.2) is 5.13 Å². The van der Waals surface area contributed by atoms with Gasteiger partial charge >= 0.3 is 0 Å². The molecule has 7 heteroatoms. The van der Waals surface area contributed by atoms with Crippen LogP contribution in [0.1, 0.15) is 27.3 Å². The van der Waals surface area contributed by atoms with Crippen molar-refractivity contribution in [2.45, 2.75) is 20.4 Å². The van der Waals surface area contributed by atoms with E-state index in [0.717, 1.165) is 54.8 Å². The third-order valence-electron chi connectivity index (χ3n) is 5.06. The number of amides is 1. The zero-order valence-corrected chi connectivity index (χ0v) is 16.4. The average molecular weight is 382 g/mol.